The first-order valence-corrected chi connectivity index (χ1v) is 29.8. The van der Waals surface area contributed by atoms with E-state index in [-0.39, 0.29) is 91.4 Å². The van der Waals surface area contributed by atoms with Gasteiger partial charge in [0.15, 0.2) is 46.0 Å². The molecule has 8 heterocycles. The van der Waals surface area contributed by atoms with Crippen molar-refractivity contribution < 1.29 is 77.5 Å². The van der Waals surface area contributed by atoms with Crippen LogP contribution < -0.4 is 37.9 Å². The lowest BCUT2D eigenvalue weighted by molar-refractivity contribution is 0.0674. The Bertz CT molecular complexity index is 4410. The molecule has 24 heteroatoms. The summed E-state index contributed by atoms with van der Waals surface area (Å²) in [6.45, 7) is 8.28. The molecule has 0 saturated carbocycles. The zero-order valence-electron chi connectivity index (χ0n) is 48.9. The van der Waals surface area contributed by atoms with Crippen LogP contribution in [0, 0.1) is 0 Å². The Labute approximate surface area is 517 Å². The number of ether oxygens (including phenoxy) is 8. The molecule has 8 N–H and O–H groups in total. The highest BCUT2D eigenvalue weighted by molar-refractivity contribution is 5.93. The minimum atomic E-state index is -1.28. The van der Waals surface area contributed by atoms with Crippen LogP contribution in [0.4, 0.5) is 0 Å². The molecule has 0 fully saturated rings. The minimum absolute atomic E-state index is 0.171. The third-order valence-electron chi connectivity index (χ3n) is 18.0. The van der Waals surface area contributed by atoms with Crippen molar-refractivity contribution in [3.05, 3.63) is 165 Å². The van der Waals surface area contributed by atoms with Crippen molar-refractivity contribution in [2.45, 2.75) is 77.0 Å². The highest BCUT2D eigenvalue weighted by atomic mass is 16.5. The van der Waals surface area contributed by atoms with Crippen molar-refractivity contribution in [1.82, 2.24) is 39.9 Å². The van der Waals surface area contributed by atoms with Crippen molar-refractivity contribution in [2.75, 3.05) is 0 Å². The van der Waals surface area contributed by atoms with E-state index in [4.69, 9.17) is 37.9 Å². The van der Waals surface area contributed by atoms with Crippen molar-refractivity contribution >= 4 is 68.0 Å². The number of carbonyl (C=O) groups is 4. The first-order chi connectivity index (χ1) is 44.5. The molecule has 4 aromatic heterocycles. The fraction of sp³-hybridized carbons (Fsp3) is 0.176. The van der Waals surface area contributed by atoms with E-state index in [9.17, 15) is 39.6 Å². The van der Waals surface area contributed by atoms with Crippen LogP contribution in [0.2, 0.25) is 0 Å². The quantitative estimate of drug-likeness (QED) is 0.0700. The summed E-state index contributed by atoms with van der Waals surface area (Å²) < 4.78 is 57.4. The van der Waals surface area contributed by atoms with Gasteiger partial charge >= 0.3 is 23.9 Å². The summed E-state index contributed by atoms with van der Waals surface area (Å²) in [5.74, 6) is -4.14. The average Bonchev–Trinajstić information content (AvgIpc) is 1.43. The smallest absolute Gasteiger partial charge is 0.371 e. The summed E-state index contributed by atoms with van der Waals surface area (Å²) in [7, 11) is 0. The van der Waals surface area contributed by atoms with Gasteiger partial charge in [0.05, 0.1) is 44.1 Å². The van der Waals surface area contributed by atoms with Gasteiger partial charge in [0.1, 0.15) is 46.0 Å². The SMILES string of the molecule is CCC1c2cc3c4cc2Oc2cc5nc(C(=O)O)[nH]c5cc2Oc2cc5c(cc21)C(CC)c1cc2c(cc1Oc1cc6[nH]c(C(=O)O)nc6cc1O5)Oc1cc5[nH]c(C(=O)O)nc5cc1Oc1cc(c(cc1C2CC)C3CC)Oc1cc2[nH]c(C(=O)O)nc2cc1O4. The fourth-order valence-corrected chi connectivity index (χ4v) is 13.8. The third kappa shape index (κ3) is 8.28. The van der Waals surface area contributed by atoms with Crippen LogP contribution in [-0.2, 0) is 0 Å². The number of rotatable bonds is 8. The molecular formula is C68H48N8O16. The molecule has 456 valence electrons. The number of aromatic amines is 4. The van der Waals surface area contributed by atoms with Gasteiger partial charge in [0.25, 0.3) is 0 Å². The molecule has 24 nitrogen and oxygen atoms in total. The number of benzene rings is 8. The summed E-state index contributed by atoms with van der Waals surface area (Å²) in [4.78, 5) is 79.0. The number of H-pyrrole nitrogens is 4. The van der Waals surface area contributed by atoms with Gasteiger partial charge in [-0.05, 0) is 49.9 Å². The molecule has 0 radical (unpaired) electrons. The van der Waals surface area contributed by atoms with E-state index in [1.165, 1.54) is 0 Å². The number of nitrogens with zero attached hydrogens (tertiary/aromatic N) is 4. The number of aromatic nitrogens is 8. The molecule has 92 heavy (non-hydrogen) atoms. The number of aromatic carboxylic acids is 4. The molecule has 4 aliphatic heterocycles. The van der Waals surface area contributed by atoms with Crippen LogP contribution in [0.25, 0.3) is 44.1 Å². The second-order valence-electron chi connectivity index (χ2n) is 23.2. The number of imidazole rings is 4. The predicted octanol–water partition coefficient (Wildman–Crippen LogP) is 16.1. The van der Waals surface area contributed by atoms with Gasteiger partial charge in [0, 0.05) is 141 Å². The number of carboxylic acids is 4. The molecule has 0 spiro atoms. The number of hydrogen-bond acceptors (Lipinski definition) is 16. The van der Waals surface area contributed by atoms with Crippen LogP contribution in [0.15, 0.2) is 97.1 Å². The Morgan fingerprint density at radius 2 is 0.457 bits per heavy atom. The molecule has 8 aromatic carbocycles. The Kier molecular flexibility index (Phi) is 11.6. The first kappa shape index (κ1) is 54.1. The van der Waals surface area contributed by atoms with Crippen LogP contribution in [0.5, 0.6) is 92.0 Å². The van der Waals surface area contributed by atoms with Gasteiger partial charge in [-0.25, -0.2) is 39.1 Å². The third-order valence-corrected chi connectivity index (χ3v) is 18.0. The normalized spacial score (nSPS) is 16.8. The van der Waals surface area contributed by atoms with E-state index < -0.39 is 47.5 Å². The molecule has 4 atom stereocenters. The van der Waals surface area contributed by atoms with Crippen LogP contribution in [0.1, 0.15) is 164 Å². The van der Waals surface area contributed by atoms with E-state index in [2.05, 4.69) is 91.8 Å². The summed E-state index contributed by atoms with van der Waals surface area (Å²) >= 11 is 0. The van der Waals surface area contributed by atoms with Crippen molar-refractivity contribution in [3.8, 4) is 92.0 Å². The van der Waals surface area contributed by atoms with E-state index >= 15 is 0 Å². The molecule has 12 aromatic rings. The maximum absolute atomic E-state index is 12.4. The van der Waals surface area contributed by atoms with Crippen LogP contribution in [0.3, 0.4) is 0 Å². The summed E-state index contributed by atoms with van der Waals surface area (Å²) in [6, 6.07) is 28.6. The van der Waals surface area contributed by atoms with E-state index in [0.717, 1.165) is 44.5 Å². The Hall–Kier alpha value is -12.1. The second-order valence-corrected chi connectivity index (χ2v) is 23.2. The zero-order valence-corrected chi connectivity index (χ0v) is 48.9. The largest absolute Gasteiger partial charge is 0.475 e. The summed E-state index contributed by atoms with van der Waals surface area (Å²) in [5.41, 5.74) is 8.26. The maximum atomic E-state index is 12.4. The van der Waals surface area contributed by atoms with Crippen molar-refractivity contribution in [1.29, 1.82) is 0 Å². The van der Waals surface area contributed by atoms with Gasteiger partial charge < -0.3 is 78.3 Å². The van der Waals surface area contributed by atoms with Gasteiger partial charge in [-0.2, -0.15) is 0 Å². The molecule has 17 rings (SSSR count). The van der Waals surface area contributed by atoms with Gasteiger partial charge in [-0.15, -0.1) is 0 Å². The summed E-state index contributed by atoms with van der Waals surface area (Å²) in [6.07, 6.45) is 1.92. The molecule has 8 bridgehead atoms. The average molecular weight is 1230 g/mol. The molecule has 5 aliphatic rings. The molecular weight excluding hydrogens is 1180 g/mol. The Morgan fingerprint density at radius 3 is 0.620 bits per heavy atom. The molecule has 0 amide bonds. The molecule has 0 saturated heterocycles. The molecule has 4 unspecified atom stereocenters. The van der Waals surface area contributed by atoms with Crippen LogP contribution >= 0.6 is 0 Å². The van der Waals surface area contributed by atoms with Gasteiger partial charge in [-0.1, -0.05) is 27.7 Å². The Morgan fingerprint density at radius 1 is 0.283 bits per heavy atom. The lowest BCUT2D eigenvalue weighted by Gasteiger charge is -2.29. The van der Waals surface area contributed by atoms with E-state index in [1.807, 2.05) is 24.3 Å². The van der Waals surface area contributed by atoms with E-state index in [0.29, 0.717) is 93.7 Å². The molecule has 1 aliphatic carbocycles. The first-order valence-electron chi connectivity index (χ1n) is 29.8. The van der Waals surface area contributed by atoms with Gasteiger partial charge in [0.2, 0.25) is 23.3 Å². The predicted molar refractivity (Wildman–Crippen MR) is 327 cm³/mol. The summed E-state index contributed by atoms with van der Waals surface area (Å²) in [5, 5.41) is 40.6. The topological polar surface area (TPSA) is 338 Å². The number of nitrogens with one attached hydrogen (secondary N) is 4. The minimum Gasteiger partial charge on any atom is -0.475 e. The highest BCUT2D eigenvalue weighted by Crippen LogP contribution is 2.59. The maximum Gasteiger partial charge on any atom is 0.371 e. The lowest BCUT2D eigenvalue weighted by Crippen LogP contribution is -2.12. The Balaban J connectivity index is 1.03. The number of fused-ring (bicyclic) bond motifs is 8. The van der Waals surface area contributed by atoms with E-state index in [1.54, 1.807) is 48.5 Å². The lowest BCUT2D eigenvalue weighted by atomic mass is 9.77. The van der Waals surface area contributed by atoms with Crippen molar-refractivity contribution in [2.24, 2.45) is 0 Å². The van der Waals surface area contributed by atoms with Crippen LogP contribution in [-0.4, -0.2) is 84.2 Å². The monoisotopic (exact) mass is 1230 g/mol. The van der Waals surface area contributed by atoms with Gasteiger partial charge in [-0.3, -0.25) is 0 Å². The number of hydrogen-bond donors (Lipinski definition) is 8. The standard InChI is InChI=1S/C68H48N8O16/c1-5-25-29-9-31-26(6-2)33-11-35-28(8-4)36-12-34-27(7-3)32-10-30(25)46-22-48(32)88-56-16-40-42(74-63(72-40)67(81)82)18-58(56)90-50(34)24-52(36)92-60-20-44-43(75-64(76-44)68(83)84)19-59(60)91-51(35)23-49(33)89-57-17-41-39(71-62(73-41)66(79)80)15-55(57)87-47(31)21-45(29)85-53-13-37-38(14-54(53)86-46)70-61(69-37)65(77)78/h9-28H,5-8H2,1-4H3,(H,69,70)(H,71,73)(H,72,74)(H,75,76)(H,77,78)(H,79,80)(H,81,82)(H,83,84). The number of carboxylic acid groups (broad SMARTS) is 4. The van der Waals surface area contributed by atoms with Crippen molar-refractivity contribution in [3.63, 3.8) is 0 Å². The fourth-order valence-electron chi connectivity index (χ4n) is 13.8. The zero-order chi connectivity index (χ0) is 62.9. The second kappa shape index (κ2) is 19.7. The highest BCUT2D eigenvalue weighted by Gasteiger charge is 2.39.